The molecule has 0 aliphatic rings. The van der Waals surface area contributed by atoms with Crippen molar-refractivity contribution in [1.29, 1.82) is 0 Å². The molecule has 0 spiro atoms. The van der Waals surface area contributed by atoms with E-state index in [1.165, 1.54) is 0 Å². The van der Waals surface area contributed by atoms with Crippen molar-refractivity contribution in [3.63, 3.8) is 0 Å². The van der Waals surface area contributed by atoms with Gasteiger partial charge in [-0.25, -0.2) is 0 Å². The van der Waals surface area contributed by atoms with Gasteiger partial charge in [-0.15, -0.1) is 0 Å². The van der Waals surface area contributed by atoms with E-state index in [2.05, 4.69) is 19.6 Å². The first-order valence-electron chi connectivity index (χ1n) is 4.78. The first-order chi connectivity index (χ1) is 6.83. The van der Waals surface area contributed by atoms with Crippen LogP contribution in [-0.2, 0) is 0 Å². The molecule has 0 fully saturated rings. The smallest absolute Gasteiger partial charge is 0.242 e. The molecule has 0 N–H and O–H groups in total. The zero-order valence-corrected chi connectivity index (χ0v) is 11.2. The highest BCUT2D eigenvalue weighted by molar-refractivity contribution is 6.70. The fourth-order valence-corrected chi connectivity index (χ4v) is 2.19. The van der Waals surface area contributed by atoms with Crippen LogP contribution >= 0.6 is 11.6 Å². The molecule has 0 saturated carbocycles. The monoisotopic (exact) mass is 242 g/mol. The van der Waals surface area contributed by atoms with E-state index in [1.54, 1.807) is 6.07 Å². The summed E-state index contributed by atoms with van der Waals surface area (Å²) in [6.45, 7) is 8.12. The number of carbonyl (C=O) groups is 1. The minimum atomic E-state index is -1.69. The van der Waals surface area contributed by atoms with E-state index < -0.39 is 8.32 Å². The summed E-state index contributed by atoms with van der Waals surface area (Å²) in [4.78, 5) is 10.9. The normalized spacial score (nSPS) is 11.3. The van der Waals surface area contributed by atoms with E-state index in [4.69, 9.17) is 16.0 Å². The summed E-state index contributed by atoms with van der Waals surface area (Å²) in [6.07, 6.45) is 0.779. The summed E-state index contributed by atoms with van der Waals surface area (Å²) in [5, 5.41) is 0.597. The summed E-state index contributed by atoms with van der Waals surface area (Å²) in [6, 6.07) is 3.48. The highest BCUT2D eigenvalue weighted by Gasteiger charge is 2.18. The van der Waals surface area contributed by atoms with Crippen LogP contribution < -0.4 is 4.43 Å². The highest BCUT2D eigenvalue weighted by atomic mass is 35.5. The van der Waals surface area contributed by atoms with Crippen molar-refractivity contribution in [2.24, 2.45) is 0 Å². The van der Waals surface area contributed by atoms with Crippen molar-refractivity contribution < 1.29 is 9.22 Å². The van der Waals surface area contributed by atoms with Crippen LogP contribution in [0.25, 0.3) is 0 Å². The van der Waals surface area contributed by atoms with E-state index >= 15 is 0 Å². The van der Waals surface area contributed by atoms with Crippen LogP contribution in [0.5, 0.6) is 5.75 Å². The van der Waals surface area contributed by atoms with Crippen LogP contribution in [0.4, 0.5) is 0 Å². The van der Waals surface area contributed by atoms with Gasteiger partial charge in [0.1, 0.15) is 5.75 Å². The molecule has 82 valence electrons. The van der Waals surface area contributed by atoms with Crippen LogP contribution in [0.3, 0.4) is 0 Å². The van der Waals surface area contributed by atoms with Crippen molar-refractivity contribution in [2.45, 2.75) is 26.6 Å². The molecule has 1 aromatic rings. The standard InChI is InChI=1S/C11H15ClO2Si/c1-8-5-11(14-15(2,3)4)9(7-13)6-10(8)12/h5-7H,1-4H3. The van der Waals surface area contributed by atoms with Crippen molar-refractivity contribution in [2.75, 3.05) is 0 Å². The first kappa shape index (κ1) is 12.3. The molecule has 0 unspecified atom stereocenters. The lowest BCUT2D eigenvalue weighted by Crippen LogP contribution is -2.29. The van der Waals surface area contributed by atoms with Crippen LogP contribution in [-0.4, -0.2) is 14.6 Å². The van der Waals surface area contributed by atoms with Crippen LogP contribution in [0.15, 0.2) is 12.1 Å². The van der Waals surface area contributed by atoms with Gasteiger partial charge in [0.05, 0.1) is 5.56 Å². The number of carbonyl (C=O) groups excluding carboxylic acids is 1. The molecule has 0 bridgehead atoms. The third kappa shape index (κ3) is 3.36. The molecule has 2 nitrogen and oxygen atoms in total. The van der Waals surface area contributed by atoms with E-state index in [-0.39, 0.29) is 0 Å². The Morgan fingerprint density at radius 1 is 1.33 bits per heavy atom. The second kappa shape index (κ2) is 4.37. The average molecular weight is 243 g/mol. The summed E-state index contributed by atoms with van der Waals surface area (Å²) < 4.78 is 5.81. The van der Waals surface area contributed by atoms with Crippen molar-refractivity contribution in [3.05, 3.63) is 28.3 Å². The molecular formula is C11H15ClO2Si. The zero-order chi connectivity index (χ0) is 11.6. The van der Waals surface area contributed by atoms with Gasteiger partial charge in [-0.05, 0) is 44.3 Å². The maximum absolute atomic E-state index is 10.9. The quantitative estimate of drug-likeness (QED) is 0.597. The minimum Gasteiger partial charge on any atom is -0.544 e. The molecule has 15 heavy (non-hydrogen) atoms. The molecule has 0 atom stereocenters. The Labute approximate surface area is 96.3 Å². The van der Waals surface area contributed by atoms with Crippen LogP contribution in [0, 0.1) is 6.92 Å². The largest absolute Gasteiger partial charge is 0.544 e. The minimum absolute atomic E-state index is 0.521. The topological polar surface area (TPSA) is 26.3 Å². The Balaban J connectivity index is 3.16. The van der Waals surface area contributed by atoms with E-state index in [9.17, 15) is 4.79 Å². The third-order valence-corrected chi connectivity index (χ3v) is 3.07. The summed E-state index contributed by atoms with van der Waals surface area (Å²) in [7, 11) is -1.69. The second-order valence-electron chi connectivity index (χ2n) is 4.47. The molecule has 1 aromatic carbocycles. The lowest BCUT2D eigenvalue weighted by Gasteiger charge is -2.21. The molecule has 0 heterocycles. The summed E-state index contributed by atoms with van der Waals surface area (Å²) in [5.41, 5.74) is 1.45. The average Bonchev–Trinajstić information content (AvgIpc) is 2.08. The van der Waals surface area contributed by atoms with Gasteiger partial charge < -0.3 is 4.43 Å². The predicted octanol–water partition coefficient (Wildman–Crippen LogP) is 3.67. The molecule has 0 radical (unpaired) electrons. The molecule has 1 rings (SSSR count). The van der Waals surface area contributed by atoms with E-state index in [0.717, 1.165) is 11.8 Å². The highest BCUT2D eigenvalue weighted by Crippen LogP contribution is 2.27. The lowest BCUT2D eigenvalue weighted by atomic mass is 10.1. The molecule has 0 aromatic heterocycles. The predicted molar refractivity (Wildman–Crippen MR) is 65.6 cm³/mol. The molecular weight excluding hydrogens is 228 g/mol. The van der Waals surface area contributed by atoms with Gasteiger partial charge in [-0.3, -0.25) is 4.79 Å². The van der Waals surface area contributed by atoms with Crippen molar-refractivity contribution >= 4 is 26.2 Å². The number of aryl methyl sites for hydroxylation is 1. The fraction of sp³-hybridized carbons (Fsp3) is 0.364. The van der Waals surface area contributed by atoms with Gasteiger partial charge in [0, 0.05) is 5.02 Å². The van der Waals surface area contributed by atoms with E-state index in [1.807, 2.05) is 13.0 Å². The van der Waals surface area contributed by atoms with Gasteiger partial charge in [-0.2, -0.15) is 0 Å². The number of aldehydes is 1. The Morgan fingerprint density at radius 3 is 2.40 bits per heavy atom. The zero-order valence-electron chi connectivity index (χ0n) is 9.43. The van der Waals surface area contributed by atoms with Gasteiger partial charge in [-0.1, -0.05) is 11.6 Å². The van der Waals surface area contributed by atoms with Crippen molar-refractivity contribution in [3.8, 4) is 5.75 Å². The number of hydrogen-bond acceptors (Lipinski definition) is 2. The second-order valence-corrected chi connectivity index (χ2v) is 9.31. The van der Waals surface area contributed by atoms with Gasteiger partial charge in [0.25, 0.3) is 0 Å². The molecule has 0 saturated heterocycles. The molecule has 0 aliphatic carbocycles. The van der Waals surface area contributed by atoms with Crippen LogP contribution in [0.1, 0.15) is 15.9 Å². The lowest BCUT2D eigenvalue weighted by molar-refractivity contribution is 0.112. The summed E-state index contributed by atoms with van der Waals surface area (Å²) in [5.74, 6) is 0.645. The third-order valence-electron chi connectivity index (χ3n) is 1.83. The maximum Gasteiger partial charge on any atom is 0.242 e. The number of rotatable bonds is 3. The Bertz CT molecular complexity index is 383. The Morgan fingerprint density at radius 2 is 1.93 bits per heavy atom. The maximum atomic E-state index is 10.9. The fourth-order valence-electron chi connectivity index (χ4n) is 1.18. The molecule has 4 heteroatoms. The number of benzene rings is 1. The van der Waals surface area contributed by atoms with Gasteiger partial charge >= 0.3 is 0 Å². The van der Waals surface area contributed by atoms with Crippen LogP contribution in [0.2, 0.25) is 24.7 Å². The van der Waals surface area contributed by atoms with E-state index in [0.29, 0.717) is 16.3 Å². The Kier molecular flexibility index (Phi) is 3.57. The van der Waals surface area contributed by atoms with Gasteiger partial charge in [0.2, 0.25) is 8.32 Å². The van der Waals surface area contributed by atoms with Gasteiger partial charge in [0.15, 0.2) is 6.29 Å². The molecule has 0 amide bonds. The number of hydrogen-bond donors (Lipinski definition) is 0. The number of halogens is 1. The summed E-state index contributed by atoms with van der Waals surface area (Å²) >= 11 is 5.93. The SMILES string of the molecule is Cc1cc(O[Si](C)(C)C)c(C=O)cc1Cl. The Hall–Kier alpha value is -0.803. The van der Waals surface area contributed by atoms with Crippen molar-refractivity contribution in [1.82, 2.24) is 0 Å². The molecule has 0 aliphatic heterocycles. The first-order valence-corrected chi connectivity index (χ1v) is 8.56.